The molecule has 2 aromatic rings. The standard InChI is InChI=1S/C17H25N5O3S/c1-12-11-16-18-13(2)15(14(3)22(16)19-12)5-6-17(23)20-7-9-21(10-8-20)26(4,24)25/h11H,5-10H2,1-4H3. The van der Waals surface area contributed by atoms with E-state index in [0.29, 0.717) is 39.0 Å². The summed E-state index contributed by atoms with van der Waals surface area (Å²) in [6, 6.07) is 1.94. The Morgan fingerprint density at radius 2 is 1.81 bits per heavy atom. The molecule has 0 aromatic carbocycles. The molecule has 8 nitrogen and oxygen atoms in total. The van der Waals surface area contributed by atoms with E-state index >= 15 is 0 Å². The van der Waals surface area contributed by atoms with Crippen molar-refractivity contribution in [3.63, 3.8) is 0 Å². The van der Waals surface area contributed by atoms with Crippen LogP contribution < -0.4 is 0 Å². The van der Waals surface area contributed by atoms with Gasteiger partial charge in [0.15, 0.2) is 5.65 Å². The highest BCUT2D eigenvalue weighted by atomic mass is 32.2. The van der Waals surface area contributed by atoms with Gasteiger partial charge in [-0.2, -0.15) is 9.40 Å². The number of amides is 1. The van der Waals surface area contributed by atoms with E-state index in [2.05, 4.69) is 10.1 Å². The van der Waals surface area contributed by atoms with Gasteiger partial charge in [-0.1, -0.05) is 0 Å². The Balaban J connectivity index is 1.66. The minimum atomic E-state index is -3.18. The van der Waals surface area contributed by atoms with E-state index in [9.17, 15) is 13.2 Å². The van der Waals surface area contributed by atoms with Crippen molar-refractivity contribution in [2.45, 2.75) is 33.6 Å². The molecule has 0 bridgehead atoms. The number of fused-ring (bicyclic) bond motifs is 1. The highest BCUT2D eigenvalue weighted by molar-refractivity contribution is 7.88. The number of rotatable bonds is 4. The number of aryl methyl sites for hydroxylation is 3. The Morgan fingerprint density at radius 1 is 1.15 bits per heavy atom. The molecule has 0 spiro atoms. The molecule has 0 radical (unpaired) electrons. The van der Waals surface area contributed by atoms with Crippen LogP contribution >= 0.6 is 0 Å². The van der Waals surface area contributed by atoms with Crippen LogP contribution in [0.25, 0.3) is 5.65 Å². The highest BCUT2D eigenvalue weighted by Gasteiger charge is 2.26. The Hall–Kier alpha value is -2.00. The maximum absolute atomic E-state index is 12.5. The second kappa shape index (κ2) is 6.96. The summed E-state index contributed by atoms with van der Waals surface area (Å²) in [4.78, 5) is 18.9. The van der Waals surface area contributed by atoms with Gasteiger partial charge in [0.05, 0.1) is 11.9 Å². The maximum Gasteiger partial charge on any atom is 0.222 e. The lowest BCUT2D eigenvalue weighted by atomic mass is 10.1. The molecule has 1 aliphatic heterocycles. The fourth-order valence-corrected chi connectivity index (χ4v) is 4.29. The van der Waals surface area contributed by atoms with E-state index in [1.54, 1.807) is 4.90 Å². The van der Waals surface area contributed by atoms with Crippen LogP contribution in [0.2, 0.25) is 0 Å². The predicted molar refractivity (Wildman–Crippen MR) is 98.5 cm³/mol. The molecule has 0 atom stereocenters. The van der Waals surface area contributed by atoms with Crippen LogP contribution in [0.1, 0.15) is 29.1 Å². The van der Waals surface area contributed by atoms with Crippen molar-refractivity contribution in [2.24, 2.45) is 0 Å². The fourth-order valence-electron chi connectivity index (χ4n) is 3.46. The van der Waals surface area contributed by atoms with Crippen molar-refractivity contribution in [2.75, 3.05) is 32.4 Å². The minimum absolute atomic E-state index is 0.0497. The van der Waals surface area contributed by atoms with Gasteiger partial charge < -0.3 is 4.90 Å². The predicted octanol–water partition coefficient (Wildman–Crippen LogP) is 0.691. The molecule has 0 N–H and O–H groups in total. The van der Waals surface area contributed by atoms with Crippen molar-refractivity contribution in [3.05, 3.63) is 28.7 Å². The molecule has 0 saturated carbocycles. The lowest BCUT2D eigenvalue weighted by Crippen LogP contribution is -2.50. The number of hydrogen-bond acceptors (Lipinski definition) is 5. The second-order valence-corrected chi connectivity index (χ2v) is 8.84. The topological polar surface area (TPSA) is 87.9 Å². The summed E-state index contributed by atoms with van der Waals surface area (Å²) in [5.74, 6) is 0.0497. The lowest BCUT2D eigenvalue weighted by Gasteiger charge is -2.33. The van der Waals surface area contributed by atoms with Crippen LogP contribution in [0.4, 0.5) is 0 Å². The van der Waals surface area contributed by atoms with Crippen LogP contribution in [0.5, 0.6) is 0 Å². The van der Waals surface area contributed by atoms with E-state index in [4.69, 9.17) is 0 Å². The molecule has 1 saturated heterocycles. The highest BCUT2D eigenvalue weighted by Crippen LogP contribution is 2.18. The summed E-state index contributed by atoms with van der Waals surface area (Å²) < 4.78 is 26.4. The summed E-state index contributed by atoms with van der Waals surface area (Å²) in [5.41, 5.74) is 4.71. The Morgan fingerprint density at radius 3 is 2.42 bits per heavy atom. The number of sulfonamides is 1. The quantitative estimate of drug-likeness (QED) is 0.780. The van der Waals surface area contributed by atoms with Crippen LogP contribution in [-0.2, 0) is 21.2 Å². The number of carbonyl (C=O) groups is 1. The van der Waals surface area contributed by atoms with Gasteiger partial charge in [-0.15, -0.1) is 0 Å². The lowest BCUT2D eigenvalue weighted by molar-refractivity contribution is -0.132. The van der Waals surface area contributed by atoms with Gasteiger partial charge in [0, 0.05) is 50.1 Å². The normalized spacial score (nSPS) is 16.4. The van der Waals surface area contributed by atoms with E-state index in [1.807, 2.05) is 31.4 Å². The molecule has 26 heavy (non-hydrogen) atoms. The summed E-state index contributed by atoms with van der Waals surface area (Å²) in [6.45, 7) is 7.51. The van der Waals surface area contributed by atoms with E-state index in [1.165, 1.54) is 10.6 Å². The van der Waals surface area contributed by atoms with Crippen molar-refractivity contribution >= 4 is 21.6 Å². The van der Waals surface area contributed by atoms with Gasteiger partial charge in [-0.3, -0.25) is 4.79 Å². The summed E-state index contributed by atoms with van der Waals surface area (Å²) in [6.07, 6.45) is 2.19. The second-order valence-electron chi connectivity index (χ2n) is 6.86. The largest absolute Gasteiger partial charge is 0.340 e. The molecule has 0 unspecified atom stereocenters. The molecule has 9 heteroatoms. The molecule has 1 fully saturated rings. The monoisotopic (exact) mass is 379 g/mol. The van der Waals surface area contributed by atoms with E-state index in [0.717, 1.165) is 28.3 Å². The zero-order valence-electron chi connectivity index (χ0n) is 15.7. The molecule has 3 heterocycles. The number of carbonyl (C=O) groups excluding carboxylic acids is 1. The summed E-state index contributed by atoms with van der Waals surface area (Å²) in [7, 11) is -3.18. The first kappa shape index (κ1) is 18.8. The van der Waals surface area contributed by atoms with E-state index in [-0.39, 0.29) is 5.91 Å². The first-order valence-electron chi connectivity index (χ1n) is 8.72. The Bertz CT molecular complexity index is 943. The van der Waals surface area contributed by atoms with Crippen molar-refractivity contribution in [1.82, 2.24) is 23.8 Å². The number of nitrogens with zero attached hydrogens (tertiary/aromatic N) is 5. The first-order chi connectivity index (χ1) is 12.2. The van der Waals surface area contributed by atoms with Crippen LogP contribution in [0, 0.1) is 20.8 Å². The van der Waals surface area contributed by atoms with Crippen molar-refractivity contribution in [1.29, 1.82) is 0 Å². The zero-order chi connectivity index (χ0) is 19.1. The van der Waals surface area contributed by atoms with E-state index < -0.39 is 10.0 Å². The molecule has 2 aromatic heterocycles. The SMILES string of the molecule is Cc1cc2nc(C)c(CCC(=O)N3CCN(S(C)(=O)=O)CC3)c(C)n2n1. The molecular formula is C17H25N5O3S. The number of piperazine rings is 1. The molecule has 1 aliphatic rings. The number of aromatic nitrogens is 3. The third-order valence-electron chi connectivity index (χ3n) is 4.94. The molecular weight excluding hydrogens is 354 g/mol. The molecule has 142 valence electrons. The maximum atomic E-state index is 12.5. The first-order valence-corrected chi connectivity index (χ1v) is 10.6. The Kier molecular flexibility index (Phi) is 5.03. The van der Waals surface area contributed by atoms with Crippen LogP contribution in [0.3, 0.4) is 0 Å². The summed E-state index contributed by atoms with van der Waals surface area (Å²) >= 11 is 0. The smallest absolute Gasteiger partial charge is 0.222 e. The molecule has 0 aliphatic carbocycles. The van der Waals surface area contributed by atoms with Crippen LogP contribution in [-0.4, -0.2) is 70.6 Å². The fraction of sp³-hybridized carbons (Fsp3) is 0.588. The minimum Gasteiger partial charge on any atom is -0.340 e. The van der Waals surface area contributed by atoms with Crippen molar-refractivity contribution < 1.29 is 13.2 Å². The molecule has 3 rings (SSSR count). The van der Waals surface area contributed by atoms with Crippen LogP contribution in [0.15, 0.2) is 6.07 Å². The van der Waals surface area contributed by atoms with Gasteiger partial charge >= 0.3 is 0 Å². The average molecular weight is 379 g/mol. The third-order valence-corrected chi connectivity index (χ3v) is 6.24. The zero-order valence-corrected chi connectivity index (χ0v) is 16.5. The van der Waals surface area contributed by atoms with Gasteiger partial charge in [0.2, 0.25) is 15.9 Å². The number of hydrogen-bond donors (Lipinski definition) is 0. The van der Waals surface area contributed by atoms with Gasteiger partial charge in [-0.05, 0) is 32.8 Å². The third kappa shape index (κ3) is 3.73. The van der Waals surface area contributed by atoms with Crippen molar-refractivity contribution in [3.8, 4) is 0 Å². The van der Waals surface area contributed by atoms with Gasteiger partial charge in [0.1, 0.15) is 0 Å². The summed E-state index contributed by atoms with van der Waals surface area (Å²) in [5, 5.41) is 4.46. The molecule has 1 amide bonds. The van der Waals surface area contributed by atoms with Gasteiger partial charge in [0.25, 0.3) is 0 Å². The Labute approximate surface area is 153 Å². The average Bonchev–Trinajstić information content (AvgIpc) is 2.94. The van der Waals surface area contributed by atoms with Gasteiger partial charge in [-0.25, -0.2) is 17.9 Å².